The number of methoxy groups -OCH3 is 2. The molecule has 0 amide bonds. The average molecular weight is 278 g/mol. The van der Waals surface area contributed by atoms with Crippen molar-refractivity contribution in [2.24, 2.45) is 0 Å². The van der Waals surface area contributed by atoms with E-state index in [1.807, 2.05) is 0 Å². The summed E-state index contributed by atoms with van der Waals surface area (Å²) in [6.07, 6.45) is -6.32. The first-order valence-corrected chi connectivity index (χ1v) is 5.84. The van der Waals surface area contributed by atoms with E-state index in [9.17, 15) is 18.3 Å². The maximum atomic E-state index is 12.1. The van der Waals surface area contributed by atoms with Crippen LogP contribution in [0.25, 0.3) is 0 Å². The molecule has 0 heterocycles. The average Bonchev–Trinajstić information content (AvgIpc) is 2.35. The van der Waals surface area contributed by atoms with E-state index in [2.05, 4.69) is 0 Å². The summed E-state index contributed by atoms with van der Waals surface area (Å²) in [5.74, 6) is 0.803. The fourth-order valence-corrected chi connectivity index (χ4v) is 1.85. The van der Waals surface area contributed by atoms with E-state index in [-0.39, 0.29) is 12.8 Å². The predicted octanol–water partition coefficient (Wildman–Crippen LogP) is 3.47. The van der Waals surface area contributed by atoms with Crippen molar-refractivity contribution in [3.63, 3.8) is 0 Å². The summed E-state index contributed by atoms with van der Waals surface area (Å²) >= 11 is 0. The highest BCUT2D eigenvalue weighted by atomic mass is 19.4. The molecule has 0 spiro atoms. The number of hydrogen-bond donors (Lipinski definition) is 1. The molecule has 19 heavy (non-hydrogen) atoms. The highest BCUT2D eigenvalue weighted by Crippen LogP contribution is 2.36. The minimum atomic E-state index is -4.20. The van der Waals surface area contributed by atoms with E-state index in [1.165, 1.54) is 14.2 Å². The number of ether oxygens (including phenoxy) is 2. The van der Waals surface area contributed by atoms with E-state index >= 15 is 0 Å². The topological polar surface area (TPSA) is 38.7 Å². The van der Waals surface area contributed by atoms with Gasteiger partial charge in [-0.05, 0) is 25.0 Å². The van der Waals surface area contributed by atoms with Crippen LogP contribution in [0.5, 0.6) is 11.5 Å². The Labute approximate surface area is 110 Å². The van der Waals surface area contributed by atoms with Crippen LogP contribution >= 0.6 is 0 Å². The molecule has 1 rings (SSSR count). The summed E-state index contributed by atoms with van der Waals surface area (Å²) in [5, 5.41) is 10.0. The maximum absolute atomic E-state index is 12.1. The van der Waals surface area contributed by atoms with Crippen LogP contribution in [0.2, 0.25) is 0 Å². The van der Waals surface area contributed by atoms with E-state index in [4.69, 9.17) is 9.47 Å². The molecule has 0 aliphatic heterocycles. The van der Waals surface area contributed by atoms with Crippen molar-refractivity contribution in [1.29, 1.82) is 0 Å². The highest BCUT2D eigenvalue weighted by molar-refractivity contribution is 5.46. The van der Waals surface area contributed by atoms with Gasteiger partial charge in [0.15, 0.2) is 0 Å². The fraction of sp³-hybridized carbons (Fsp3) is 0.538. The number of hydrogen-bond acceptors (Lipinski definition) is 3. The Morgan fingerprint density at radius 3 is 2.11 bits per heavy atom. The Balaban J connectivity index is 2.78. The number of aliphatic hydroxyl groups is 1. The lowest BCUT2D eigenvalue weighted by molar-refractivity contribution is -0.136. The highest BCUT2D eigenvalue weighted by Gasteiger charge is 2.27. The Morgan fingerprint density at radius 1 is 1.16 bits per heavy atom. The van der Waals surface area contributed by atoms with Crippen LogP contribution < -0.4 is 9.47 Å². The molecule has 108 valence electrons. The molecule has 1 atom stereocenters. The fourth-order valence-electron chi connectivity index (χ4n) is 1.85. The van der Waals surface area contributed by atoms with Gasteiger partial charge in [0.05, 0.1) is 25.9 Å². The lowest BCUT2D eigenvalue weighted by Crippen LogP contribution is -2.09. The van der Waals surface area contributed by atoms with Gasteiger partial charge >= 0.3 is 6.18 Å². The van der Waals surface area contributed by atoms with Gasteiger partial charge in [0.25, 0.3) is 0 Å². The molecule has 3 nitrogen and oxygen atoms in total. The van der Waals surface area contributed by atoms with Gasteiger partial charge in [0.2, 0.25) is 0 Å². The summed E-state index contributed by atoms with van der Waals surface area (Å²) < 4.78 is 46.4. The zero-order valence-electron chi connectivity index (χ0n) is 10.8. The monoisotopic (exact) mass is 278 g/mol. The summed E-state index contributed by atoms with van der Waals surface area (Å²) in [5.41, 5.74) is 0.384. The summed E-state index contributed by atoms with van der Waals surface area (Å²) in [4.78, 5) is 0. The van der Waals surface area contributed by atoms with Crippen LogP contribution in [-0.2, 0) is 0 Å². The number of alkyl halides is 3. The molecule has 1 unspecified atom stereocenters. The van der Waals surface area contributed by atoms with Crippen molar-refractivity contribution in [3.05, 3.63) is 23.8 Å². The maximum Gasteiger partial charge on any atom is 0.389 e. The van der Waals surface area contributed by atoms with Crippen molar-refractivity contribution in [2.45, 2.75) is 31.5 Å². The van der Waals surface area contributed by atoms with Crippen LogP contribution in [0.4, 0.5) is 13.2 Å². The minimum Gasteiger partial charge on any atom is -0.496 e. The van der Waals surface area contributed by atoms with Gasteiger partial charge < -0.3 is 14.6 Å². The number of rotatable bonds is 6. The summed E-state index contributed by atoms with van der Waals surface area (Å²) in [6.45, 7) is 0. The Morgan fingerprint density at radius 2 is 1.68 bits per heavy atom. The first kappa shape index (κ1) is 15.6. The van der Waals surface area contributed by atoms with Gasteiger partial charge in [-0.2, -0.15) is 13.2 Å². The van der Waals surface area contributed by atoms with Gasteiger partial charge in [0, 0.05) is 6.42 Å². The first-order chi connectivity index (χ1) is 8.89. The molecular weight excluding hydrogens is 261 g/mol. The first-order valence-electron chi connectivity index (χ1n) is 5.84. The molecular formula is C13H17F3O3. The zero-order valence-corrected chi connectivity index (χ0v) is 10.8. The lowest BCUT2D eigenvalue weighted by Gasteiger charge is -2.18. The standard InChI is InChI=1S/C13H17F3O3/c1-18-10-6-3-7-11(19-2)12(10)9(17)5-4-8-13(14,15)16/h3,6-7,9,17H,4-5,8H2,1-2H3. The molecule has 0 aliphatic rings. The van der Waals surface area contributed by atoms with Crippen LogP contribution in [-0.4, -0.2) is 25.5 Å². The Bertz CT molecular complexity index is 382. The van der Waals surface area contributed by atoms with Gasteiger partial charge in [-0.25, -0.2) is 0 Å². The normalized spacial score (nSPS) is 13.2. The third kappa shape index (κ3) is 4.63. The van der Waals surface area contributed by atoms with Crippen LogP contribution in [0.1, 0.15) is 30.9 Å². The quantitative estimate of drug-likeness (QED) is 0.866. The Kier molecular flexibility index (Phi) is 5.47. The Hall–Kier alpha value is -1.43. The molecule has 1 N–H and O–H groups in total. The molecule has 0 bridgehead atoms. The van der Waals surface area contributed by atoms with Crippen molar-refractivity contribution in [1.82, 2.24) is 0 Å². The summed E-state index contributed by atoms with van der Waals surface area (Å²) in [7, 11) is 2.86. The van der Waals surface area contributed by atoms with E-state index in [0.29, 0.717) is 17.1 Å². The van der Waals surface area contributed by atoms with Crippen LogP contribution in [0, 0.1) is 0 Å². The van der Waals surface area contributed by atoms with Crippen molar-refractivity contribution >= 4 is 0 Å². The molecule has 6 heteroatoms. The van der Waals surface area contributed by atoms with Gasteiger partial charge in [-0.3, -0.25) is 0 Å². The van der Waals surface area contributed by atoms with Gasteiger partial charge in [-0.1, -0.05) is 6.07 Å². The lowest BCUT2D eigenvalue weighted by atomic mass is 10.0. The van der Waals surface area contributed by atoms with Crippen LogP contribution in [0.3, 0.4) is 0 Å². The van der Waals surface area contributed by atoms with E-state index < -0.39 is 18.7 Å². The number of aliphatic hydroxyl groups excluding tert-OH is 1. The summed E-state index contributed by atoms with van der Waals surface area (Å²) in [6, 6.07) is 4.94. The second kappa shape index (κ2) is 6.65. The molecule has 1 aromatic carbocycles. The molecule has 0 fully saturated rings. The third-order valence-electron chi connectivity index (χ3n) is 2.74. The molecule has 0 saturated heterocycles. The number of benzene rings is 1. The van der Waals surface area contributed by atoms with E-state index in [0.717, 1.165) is 0 Å². The molecule has 0 radical (unpaired) electrons. The molecule has 0 aliphatic carbocycles. The van der Waals surface area contributed by atoms with Crippen LogP contribution in [0.15, 0.2) is 18.2 Å². The molecule has 0 aromatic heterocycles. The second-order valence-electron chi connectivity index (χ2n) is 4.10. The van der Waals surface area contributed by atoms with Crippen molar-refractivity contribution in [3.8, 4) is 11.5 Å². The van der Waals surface area contributed by atoms with Gasteiger partial charge in [0.1, 0.15) is 11.5 Å². The smallest absolute Gasteiger partial charge is 0.389 e. The molecule has 1 aromatic rings. The third-order valence-corrected chi connectivity index (χ3v) is 2.74. The number of halogens is 3. The minimum absolute atomic E-state index is 0.00373. The largest absolute Gasteiger partial charge is 0.496 e. The van der Waals surface area contributed by atoms with Crippen molar-refractivity contribution < 1.29 is 27.8 Å². The van der Waals surface area contributed by atoms with Gasteiger partial charge in [-0.15, -0.1) is 0 Å². The van der Waals surface area contributed by atoms with E-state index in [1.54, 1.807) is 18.2 Å². The SMILES string of the molecule is COc1cccc(OC)c1C(O)CCCC(F)(F)F. The second-order valence-corrected chi connectivity index (χ2v) is 4.10. The molecule has 0 saturated carbocycles. The zero-order chi connectivity index (χ0) is 14.5. The van der Waals surface area contributed by atoms with Crippen molar-refractivity contribution in [2.75, 3.05) is 14.2 Å². The predicted molar refractivity (Wildman–Crippen MR) is 64.4 cm³/mol.